The lowest BCUT2D eigenvalue weighted by Gasteiger charge is -2.38. The SMILES string of the molecule is CCN1CCC(O)(c2cccc(S(=O)O)c2)CC1. The minimum Gasteiger partial charge on any atom is -0.385 e. The van der Waals surface area contributed by atoms with Crippen LogP contribution in [0.1, 0.15) is 25.3 Å². The average Bonchev–Trinajstić information content (AvgIpc) is 2.40. The van der Waals surface area contributed by atoms with Crippen molar-refractivity contribution in [1.29, 1.82) is 0 Å². The number of hydrogen-bond donors (Lipinski definition) is 2. The van der Waals surface area contributed by atoms with E-state index in [1.165, 1.54) is 0 Å². The van der Waals surface area contributed by atoms with Gasteiger partial charge in [0.05, 0.1) is 10.5 Å². The molecule has 1 aliphatic rings. The molecule has 0 spiro atoms. The average molecular weight is 269 g/mol. The van der Waals surface area contributed by atoms with Gasteiger partial charge in [-0.15, -0.1) is 0 Å². The van der Waals surface area contributed by atoms with E-state index in [-0.39, 0.29) is 0 Å². The number of rotatable bonds is 3. The number of likely N-dealkylation sites (tertiary alicyclic amines) is 1. The molecular weight excluding hydrogens is 250 g/mol. The van der Waals surface area contributed by atoms with Gasteiger partial charge < -0.3 is 14.6 Å². The van der Waals surface area contributed by atoms with Crippen molar-refractivity contribution >= 4 is 11.1 Å². The second-order valence-electron chi connectivity index (χ2n) is 4.74. The van der Waals surface area contributed by atoms with Gasteiger partial charge in [-0.2, -0.15) is 0 Å². The molecule has 1 atom stereocenters. The van der Waals surface area contributed by atoms with E-state index in [9.17, 15) is 9.32 Å². The molecule has 0 saturated carbocycles. The van der Waals surface area contributed by atoms with Gasteiger partial charge in [-0.1, -0.05) is 19.1 Å². The Bertz CT molecular complexity index is 442. The lowest BCUT2D eigenvalue weighted by atomic mass is 9.84. The van der Waals surface area contributed by atoms with Crippen molar-refractivity contribution in [1.82, 2.24) is 4.90 Å². The summed E-state index contributed by atoms with van der Waals surface area (Å²) in [4.78, 5) is 2.64. The summed E-state index contributed by atoms with van der Waals surface area (Å²) >= 11 is -1.99. The Morgan fingerprint density at radius 2 is 2.06 bits per heavy atom. The number of piperidine rings is 1. The van der Waals surface area contributed by atoms with Crippen LogP contribution in [0.3, 0.4) is 0 Å². The van der Waals surface area contributed by atoms with Crippen molar-refractivity contribution in [3.05, 3.63) is 29.8 Å². The van der Waals surface area contributed by atoms with Gasteiger partial charge in [0.1, 0.15) is 0 Å². The van der Waals surface area contributed by atoms with Crippen molar-refractivity contribution in [2.75, 3.05) is 19.6 Å². The van der Waals surface area contributed by atoms with Crippen LogP contribution in [0, 0.1) is 0 Å². The molecule has 1 saturated heterocycles. The lowest BCUT2D eigenvalue weighted by molar-refractivity contribution is -0.0248. The molecule has 0 amide bonds. The summed E-state index contributed by atoms with van der Waals surface area (Å²) in [7, 11) is 0. The molecule has 1 fully saturated rings. The Morgan fingerprint density at radius 3 is 2.61 bits per heavy atom. The zero-order valence-electron chi connectivity index (χ0n) is 10.5. The first-order valence-electron chi connectivity index (χ1n) is 6.21. The van der Waals surface area contributed by atoms with Crippen LogP contribution in [-0.4, -0.2) is 38.4 Å². The molecule has 1 aliphatic heterocycles. The molecule has 0 aromatic heterocycles. The maximum Gasteiger partial charge on any atom is 0.186 e. The normalized spacial score (nSPS) is 21.7. The fourth-order valence-electron chi connectivity index (χ4n) is 2.42. The van der Waals surface area contributed by atoms with E-state index >= 15 is 0 Å². The molecule has 4 nitrogen and oxygen atoms in total. The standard InChI is InChI=1S/C13H19NO3S/c1-2-14-8-6-13(15,7-9-14)11-4-3-5-12(10-11)18(16)17/h3-5,10,15H,2,6-9H2,1H3,(H,16,17). The smallest absolute Gasteiger partial charge is 0.186 e. The van der Waals surface area contributed by atoms with Gasteiger partial charge in [-0.05, 0) is 37.1 Å². The Balaban J connectivity index is 2.20. The third-order valence-electron chi connectivity index (χ3n) is 3.70. The topological polar surface area (TPSA) is 60.8 Å². The molecular formula is C13H19NO3S. The van der Waals surface area contributed by atoms with Crippen LogP contribution in [0.15, 0.2) is 29.2 Å². The van der Waals surface area contributed by atoms with Gasteiger partial charge >= 0.3 is 0 Å². The number of nitrogens with zero attached hydrogens (tertiary/aromatic N) is 1. The van der Waals surface area contributed by atoms with Crippen LogP contribution < -0.4 is 0 Å². The molecule has 100 valence electrons. The van der Waals surface area contributed by atoms with Gasteiger partial charge in [0.15, 0.2) is 11.1 Å². The summed E-state index contributed by atoms with van der Waals surface area (Å²) in [5, 5.41) is 10.7. The summed E-state index contributed by atoms with van der Waals surface area (Å²) in [6.45, 7) is 4.83. The molecule has 1 heterocycles. The molecule has 0 radical (unpaired) electrons. The Morgan fingerprint density at radius 1 is 1.39 bits per heavy atom. The van der Waals surface area contributed by atoms with E-state index in [1.807, 2.05) is 6.07 Å². The van der Waals surface area contributed by atoms with Gasteiger partial charge in [-0.25, -0.2) is 4.21 Å². The maximum absolute atomic E-state index is 11.1. The highest BCUT2D eigenvalue weighted by Crippen LogP contribution is 2.33. The molecule has 2 rings (SSSR count). The van der Waals surface area contributed by atoms with Crippen molar-refractivity contribution in [3.63, 3.8) is 0 Å². The van der Waals surface area contributed by atoms with Crippen LogP contribution in [0.5, 0.6) is 0 Å². The molecule has 5 heteroatoms. The predicted molar refractivity (Wildman–Crippen MR) is 70.7 cm³/mol. The Labute approximate surface area is 110 Å². The summed E-state index contributed by atoms with van der Waals surface area (Å²) in [5.41, 5.74) is -0.112. The molecule has 0 aliphatic carbocycles. The molecule has 1 aromatic rings. The zero-order chi connectivity index (χ0) is 13.2. The minimum atomic E-state index is -1.99. The third kappa shape index (κ3) is 2.80. The highest BCUT2D eigenvalue weighted by molar-refractivity contribution is 7.79. The van der Waals surface area contributed by atoms with E-state index in [1.54, 1.807) is 18.2 Å². The van der Waals surface area contributed by atoms with Crippen molar-refractivity contribution in [2.24, 2.45) is 0 Å². The molecule has 0 bridgehead atoms. The Hall–Kier alpha value is -0.750. The van der Waals surface area contributed by atoms with E-state index in [4.69, 9.17) is 4.55 Å². The van der Waals surface area contributed by atoms with Gasteiger partial charge in [0.25, 0.3) is 0 Å². The van der Waals surface area contributed by atoms with Gasteiger partial charge in [-0.3, -0.25) is 0 Å². The first-order chi connectivity index (χ1) is 8.55. The largest absolute Gasteiger partial charge is 0.385 e. The summed E-state index contributed by atoms with van der Waals surface area (Å²) in [6.07, 6.45) is 1.34. The summed E-state index contributed by atoms with van der Waals surface area (Å²) < 4.78 is 20.2. The maximum atomic E-state index is 11.1. The summed E-state index contributed by atoms with van der Waals surface area (Å²) in [6, 6.07) is 6.79. The molecule has 18 heavy (non-hydrogen) atoms. The molecule has 1 aromatic carbocycles. The second kappa shape index (κ2) is 5.48. The number of benzene rings is 1. The van der Waals surface area contributed by atoms with Crippen LogP contribution in [0.4, 0.5) is 0 Å². The lowest BCUT2D eigenvalue weighted by Crippen LogP contribution is -2.42. The first kappa shape index (κ1) is 13.7. The van der Waals surface area contributed by atoms with Crippen LogP contribution in [0.25, 0.3) is 0 Å². The minimum absolute atomic E-state index is 0.346. The van der Waals surface area contributed by atoms with E-state index in [2.05, 4.69) is 11.8 Å². The fourth-order valence-corrected chi connectivity index (χ4v) is 2.84. The van der Waals surface area contributed by atoms with Crippen molar-refractivity contribution < 1.29 is 13.9 Å². The van der Waals surface area contributed by atoms with E-state index in [0.717, 1.165) is 25.2 Å². The van der Waals surface area contributed by atoms with Crippen LogP contribution in [-0.2, 0) is 16.7 Å². The van der Waals surface area contributed by atoms with Crippen molar-refractivity contribution in [3.8, 4) is 0 Å². The number of hydrogen-bond acceptors (Lipinski definition) is 3. The monoisotopic (exact) mass is 269 g/mol. The zero-order valence-corrected chi connectivity index (χ0v) is 11.3. The van der Waals surface area contributed by atoms with E-state index < -0.39 is 16.7 Å². The van der Waals surface area contributed by atoms with Crippen LogP contribution in [0.2, 0.25) is 0 Å². The number of aliphatic hydroxyl groups is 1. The Kier molecular flexibility index (Phi) is 4.17. The van der Waals surface area contributed by atoms with Crippen molar-refractivity contribution in [2.45, 2.75) is 30.3 Å². The van der Waals surface area contributed by atoms with Gasteiger partial charge in [0, 0.05) is 13.1 Å². The summed E-state index contributed by atoms with van der Waals surface area (Å²) in [5.74, 6) is 0. The predicted octanol–water partition coefficient (Wildman–Crippen LogP) is 1.57. The third-order valence-corrected chi connectivity index (χ3v) is 4.36. The van der Waals surface area contributed by atoms with Gasteiger partial charge in [0.2, 0.25) is 0 Å². The molecule has 2 N–H and O–H groups in total. The fraction of sp³-hybridized carbons (Fsp3) is 0.538. The quantitative estimate of drug-likeness (QED) is 0.818. The first-order valence-corrected chi connectivity index (χ1v) is 7.32. The van der Waals surface area contributed by atoms with E-state index in [0.29, 0.717) is 17.7 Å². The highest BCUT2D eigenvalue weighted by Gasteiger charge is 2.33. The second-order valence-corrected chi connectivity index (χ2v) is 5.71. The molecule has 1 unspecified atom stereocenters. The highest BCUT2D eigenvalue weighted by atomic mass is 32.2. The van der Waals surface area contributed by atoms with Crippen LogP contribution >= 0.6 is 0 Å².